The molecule has 2 heteroatoms. The van der Waals surface area contributed by atoms with Crippen LogP contribution in [0.1, 0.15) is 11.1 Å². The Bertz CT molecular complexity index is 539. The monoisotopic (exact) mass is 365 g/mol. The fourth-order valence-electron chi connectivity index (χ4n) is 1.80. The lowest BCUT2D eigenvalue weighted by atomic mass is 10.1. The number of nitrogens with zero attached hydrogens (tertiary/aromatic N) is 1. The van der Waals surface area contributed by atoms with Crippen LogP contribution in [-0.2, 0) is 0 Å². The summed E-state index contributed by atoms with van der Waals surface area (Å²) in [5.41, 5.74) is 3.78. The van der Waals surface area contributed by atoms with Crippen LogP contribution >= 0.6 is 0 Å². The average molecular weight is 365 g/mol. The van der Waals surface area contributed by atoms with Gasteiger partial charge in [0.1, 0.15) is 5.69 Å². The van der Waals surface area contributed by atoms with Crippen LogP contribution in [0.15, 0.2) is 54.6 Å². The first-order valence-electron chi connectivity index (χ1n) is 6.21. The van der Waals surface area contributed by atoms with E-state index in [0.29, 0.717) is 0 Å². The number of halogens is 1. The first-order chi connectivity index (χ1) is 8.55. The van der Waals surface area contributed by atoms with E-state index in [1.165, 1.54) is 16.8 Å². The maximum atomic E-state index is 2.24. The van der Waals surface area contributed by atoms with Gasteiger partial charge in [-0.3, -0.25) is 4.48 Å². The van der Waals surface area contributed by atoms with Gasteiger partial charge in [-0.1, -0.05) is 54.6 Å². The highest BCUT2D eigenvalue weighted by Gasteiger charge is 2.10. The lowest BCUT2D eigenvalue weighted by molar-refractivity contribution is -0.00000381. The molecule has 0 aliphatic rings. The fraction of sp³-hybridized carbons (Fsp3) is 0.176. The highest BCUT2D eigenvalue weighted by atomic mass is 127. The predicted molar refractivity (Wildman–Crippen MR) is 81.4 cm³/mol. The summed E-state index contributed by atoms with van der Waals surface area (Å²) in [6.07, 6.45) is 4.31. The Labute approximate surface area is 133 Å². The molecule has 0 spiro atoms. The molecule has 1 nitrogen and oxygen atoms in total. The number of benzene rings is 2. The summed E-state index contributed by atoms with van der Waals surface area (Å²) in [5, 5.41) is 0. The molecule has 0 aromatic heterocycles. The average Bonchev–Trinajstić information content (AvgIpc) is 2.37. The SMILES string of the molecule is C[N+](C)(C)c1cccc(C=Cc2ccccc2)c1.[I-]. The van der Waals surface area contributed by atoms with E-state index in [2.05, 4.69) is 81.8 Å². The summed E-state index contributed by atoms with van der Waals surface area (Å²) < 4.78 is 0.840. The first kappa shape index (κ1) is 15.9. The van der Waals surface area contributed by atoms with Crippen LogP contribution in [-0.4, -0.2) is 21.1 Å². The molecule has 0 saturated carbocycles. The maximum Gasteiger partial charge on any atom is 0.132 e. The van der Waals surface area contributed by atoms with Gasteiger partial charge >= 0.3 is 0 Å². The molecule has 19 heavy (non-hydrogen) atoms. The minimum Gasteiger partial charge on any atom is -1.00 e. The zero-order valence-corrected chi connectivity index (χ0v) is 13.8. The van der Waals surface area contributed by atoms with Crippen molar-refractivity contribution in [3.63, 3.8) is 0 Å². The molecular formula is C17H20IN. The summed E-state index contributed by atoms with van der Waals surface area (Å²) in [6, 6.07) is 19.0. The molecule has 0 aliphatic carbocycles. The third kappa shape index (κ3) is 4.80. The lowest BCUT2D eigenvalue weighted by Gasteiger charge is -2.23. The van der Waals surface area contributed by atoms with Crippen LogP contribution in [0.4, 0.5) is 5.69 Å². The number of hydrogen-bond acceptors (Lipinski definition) is 0. The van der Waals surface area contributed by atoms with Crippen LogP contribution < -0.4 is 28.5 Å². The molecule has 0 fully saturated rings. The Kier molecular flexibility index (Phi) is 5.76. The van der Waals surface area contributed by atoms with Crippen molar-refractivity contribution in [2.75, 3.05) is 21.1 Å². The van der Waals surface area contributed by atoms with Gasteiger partial charge in [0.2, 0.25) is 0 Å². The van der Waals surface area contributed by atoms with Gasteiger partial charge in [0.05, 0.1) is 21.1 Å². The third-order valence-electron chi connectivity index (χ3n) is 2.91. The van der Waals surface area contributed by atoms with Crippen molar-refractivity contribution in [3.8, 4) is 0 Å². The van der Waals surface area contributed by atoms with Crippen LogP contribution in [0, 0.1) is 0 Å². The largest absolute Gasteiger partial charge is 1.00 e. The summed E-state index contributed by atoms with van der Waals surface area (Å²) >= 11 is 0. The molecule has 2 aromatic carbocycles. The second kappa shape index (κ2) is 6.87. The first-order valence-corrected chi connectivity index (χ1v) is 6.21. The number of hydrogen-bond donors (Lipinski definition) is 0. The van der Waals surface area contributed by atoms with Crippen LogP contribution in [0.2, 0.25) is 0 Å². The molecule has 2 rings (SSSR count). The van der Waals surface area contributed by atoms with Gasteiger partial charge in [-0.15, -0.1) is 0 Å². The Balaban J connectivity index is 0.00000180. The van der Waals surface area contributed by atoms with Gasteiger partial charge in [-0.05, 0) is 17.2 Å². The highest BCUT2D eigenvalue weighted by molar-refractivity contribution is 5.71. The number of rotatable bonds is 3. The Morgan fingerprint density at radius 3 is 1.95 bits per heavy atom. The van der Waals surface area contributed by atoms with E-state index in [1.54, 1.807) is 0 Å². The van der Waals surface area contributed by atoms with E-state index >= 15 is 0 Å². The van der Waals surface area contributed by atoms with Crippen LogP contribution in [0.3, 0.4) is 0 Å². The van der Waals surface area contributed by atoms with E-state index in [9.17, 15) is 0 Å². The molecule has 0 amide bonds. The molecule has 0 heterocycles. The van der Waals surface area contributed by atoms with E-state index in [0.717, 1.165) is 4.48 Å². The highest BCUT2D eigenvalue weighted by Crippen LogP contribution is 2.19. The van der Waals surface area contributed by atoms with Crippen LogP contribution in [0.25, 0.3) is 12.2 Å². The predicted octanol–water partition coefficient (Wildman–Crippen LogP) is 1.06. The molecule has 0 radical (unpaired) electrons. The van der Waals surface area contributed by atoms with Crippen molar-refractivity contribution in [1.29, 1.82) is 0 Å². The second-order valence-corrected chi connectivity index (χ2v) is 5.35. The Morgan fingerprint density at radius 1 is 0.737 bits per heavy atom. The summed E-state index contributed by atoms with van der Waals surface area (Å²) in [4.78, 5) is 0. The van der Waals surface area contributed by atoms with Crippen molar-refractivity contribution >= 4 is 17.8 Å². The van der Waals surface area contributed by atoms with Crippen LogP contribution in [0.5, 0.6) is 0 Å². The molecule has 0 atom stereocenters. The second-order valence-electron chi connectivity index (χ2n) is 5.35. The van der Waals surface area contributed by atoms with E-state index < -0.39 is 0 Å². The molecule has 0 saturated heterocycles. The van der Waals surface area contributed by atoms with Crippen molar-refractivity contribution in [1.82, 2.24) is 4.48 Å². The number of quaternary nitrogens is 1. The zero-order chi connectivity index (χ0) is 13.0. The Hall–Kier alpha value is -1.13. The van der Waals surface area contributed by atoms with Crippen molar-refractivity contribution < 1.29 is 24.0 Å². The minimum atomic E-state index is 0. The van der Waals surface area contributed by atoms with Crippen molar-refractivity contribution in [2.45, 2.75) is 0 Å². The van der Waals surface area contributed by atoms with E-state index in [4.69, 9.17) is 0 Å². The standard InChI is InChI=1S/C17H20N.HI/c1-18(2,3)17-11-7-10-16(14-17)13-12-15-8-5-4-6-9-15;/h4-14H,1-3H3;1H/q+1;/p-1. The van der Waals surface area contributed by atoms with E-state index in [-0.39, 0.29) is 24.0 Å². The smallest absolute Gasteiger partial charge is 0.132 e. The van der Waals surface area contributed by atoms with Gasteiger partial charge in [-0.2, -0.15) is 0 Å². The van der Waals surface area contributed by atoms with Crippen molar-refractivity contribution in [3.05, 3.63) is 65.7 Å². The molecule has 0 bridgehead atoms. The molecular weight excluding hydrogens is 345 g/mol. The molecule has 2 aromatic rings. The summed E-state index contributed by atoms with van der Waals surface area (Å²) in [7, 11) is 6.54. The molecule has 100 valence electrons. The van der Waals surface area contributed by atoms with Gasteiger partial charge in [0, 0.05) is 6.07 Å². The van der Waals surface area contributed by atoms with E-state index in [1.807, 2.05) is 6.07 Å². The summed E-state index contributed by atoms with van der Waals surface area (Å²) in [6.45, 7) is 0. The zero-order valence-electron chi connectivity index (χ0n) is 11.7. The van der Waals surface area contributed by atoms with Gasteiger partial charge < -0.3 is 24.0 Å². The van der Waals surface area contributed by atoms with Gasteiger partial charge in [0.15, 0.2) is 0 Å². The minimum absolute atomic E-state index is 0. The quantitative estimate of drug-likeness (QED) is 0.434. The normalized spacial score (nSPS) is 11.3. The maximum absolute atomic E-state index is 2.24. The third-order valence-corrected chi connectivity index (χ3v) is 2.91. The molecule has 0 aliphatic heterocycles. The Morgan fingerprint density at radius 2 is 1.32 bits per heavy atom. The lowest BCUT2D eigenvalue weighted by Crippen LogP contribution is -3.00. The van der Waals surface area contributed by atoms with Gasteiger partial charge in [0.25, 0.3) is 0 Å². The fourth-order valence-corrected chi connectivity index (χ4v) is 1.80. The topological polar surface area (TPSA) is 0 Å². The molecule has 0 unspecified atom stereocenters. The van der Waals surface area contributed by atoms with Gasteiger partial charge in [-0.25, -0.2) is 0 Å². The molecule has 0 N–H and O–H groups in total. The van der Waals surface area contributed by atoms with Crippen molar-refractivity contribution in [2.24, 2.45) is 0 Å². The summed E-state index contributed by atoms with van der Waals surface area (Å²) in [5.74, 6) is 0.